The molecule has 0 bridgehead atoms. The highest BCUT2D eigenvalue weighted by atomic mass is 16.5. The number of hydrogen-bond acceptors (Lipinski definition) is 3. The van der Waals surface area contributed by atoms with Gasteiger partial charge in [-0.15, -0.1) is 0 Å². The van der Waals surface area contributed by atoms with Crippen LogP contribution >= 0.6 is 0 Å². The molecule has 2 rings (SSSR count). The lowest BCUT2D eigenvalue weighted by Gasteiger charge is -2.56. The average molecular weight is 296 g/mol. The lowest BCUT2D eigenvalue weighted by molar-refractivity contribution is -0.0190. The Morgan fingerprint density at radius 3 is 2.38 bits per heavy atom. The van der Waals surface area contributed by atoms with Crippen LogP contribution in [0, 0.1) is 0 Å². The van der Waals surface area contributed by atoms with Gasteiger partial charge in [-0.05, 0) is 39.0 Å². The number of rotatable bonds is 7. The first kappa shape index (κ1) is 17.2. The molecule has 2 aliphatic rings. The van der Waals surface area contributed by atoms with Crippen LogP contribution in [0.3, 0.4) is 0 Å². The van der Waals surface area contributed by atoms with E-state index in [9.17, 15) is 0 Å². The van der Waals surface area contributed by atoms with Crippen molar-refractivity contribution in [1.82, 2.24) is 10.2 Å². The lowest BCUT2D eigenvalue weighted by atomic mass is 9.75. The third kappa shape index (κ3) is 4.00. The number of nitrogens with one attached hydrogen (secondary N) is 1. The van der Waals surface area contributed by atoms with Crippen molar-refractivity contribution in [1.29, 1.82) is 0 Å². The minimum Gasteiger partial charge on any atom is -0.382 e. The summed E-state index contributed by atoms with van der Waals surface area (Å²) in [6.07, 6.45) is 10.7. The van der Waals surface area contributed by atoms with E-state index in [0.717, 1.165) is 13.2 Å². The van der Waals surface area contributed by atoms with Gasteiger partial charge in [0, 0.05) is 43.9 Å². The van der Waals surface area contributed by atoms with Crippen LogP contribution in [0.15, 0.2) is 0 Å². The highest BCUT2D eigenvalue weighted by Gasteiger charge is 2.45. The van der Waals surface area contributed by atoms with Gasteiger partial charge in [0.15, 0.2) is 0 Å². The highest BCUT2D eigenvalue weighted by molar-refractivity contribution is 5.05. The van der Waals surface area contributed by atoms with Gasteiger partial charge in [-0.3, -0.25) is 4.90 Å². The van der Waals surface area contributed by atoms with Crippen LogP contribution in [0.25, 0.3) is 0 Å². The summed E-state index contributed by atoms with van der Waals surface area (Å²) >= 11 is 0. The van der Waals surface area contributed by atoms with E-state index in [2.05, 4.69) is 31.0 Å². The van der Waals surface area contributed by atoms with Gasteiger partial charge >= 0.3 is 0 Å². The molecular formula is C18H36N2O. The number of nitrogens with zero attached hydrogens (tertiary/aromatic N) is 1. The molecule has 0 amide bonds. The molecule has 3 nitrogen and oxygen atoms in total. The molecule has 1 heterocycles. The first-order chi connectivity index (χ1) is 10.2. The van der Waals surface area contributed by atoms with E-state index >= 15 is 0 Å². The third-order valence-corrected chi connectivity index (χ3v) is 6.00. The Hall–Kier alpha value is -0.120. The van der Waals surface area contributed by atoms with Crippen LogP contribution in [0.5, 0.6) is 0 Å². The Balaban J connectivity index is 2.00. The molecule has 0 aromatic rings. The molecule has 3 heteroatoms. The van der Waals surface area contributed by atoms with Gasteiger partial charge in [0.05, 0.1) is 0 Å². The standard InChI is InChI=1S/C18H36N2O/c1-4-18(5-2)15-19-17(11-8-7-9-12-17)16-20(18)13-10-14-21-6-3/h19H,4-16H2,1-3H3. The maximum Gasteiger partial charge on any atom is 0.0478 e. The molecule has 0 radical (unpaired) electrons. The van der Waals surface area contributed by atoms with E-state index in [1.54, 1.807) is 0 Å². The Kier molecular flexibility index (Phi) is 6.51. The molecule has 1 saturated heterocycles. The summed E-state index contributed by atoms with van der Waals surface area (Å²) in [6.45, 7) is 12.2. The molecule has 0 aromatic carbocycles. The monoisotopic (exact) mass is 296 g/mol. The Morgan fingerprint density at radius 2 is 1.76 bits per heavy atom. The predicted octanol–water partition coefficient (Wildman–Crippen LogP) is 3.58. The second-order valence-electron chi connectivity index (χ2n) is 7.10. The number of ether oxygens (including phenoxy) is 1. The second kappa shape index (κ2) is 7.94. The van der Waals surface area contributed by atoms with Crippen molar-refractivity contribution in [3.63, 3.8) is 0 Å². The second-order valence-corrected chi connectivity index (χ2v) is 7.10. The fourth-order valence-electron chi connectivity index (χ4n) is 4.38. The normalized spacial score (nSPS) is 25.3. The minimum absolute atomic E-state index is 0.370. The summed E-state index contributed by atoms with van der Waals surface area (Å²) in [5.74, 6) is 0. The molecule has 0 atom stereocenters. The topological polar surface area (TPSA) is 24.5 Å². The summed E-state index contributed by atoms with van der Waals surface area (Å²) in [7, 11) is 0. The quantitative estimate of drug-likeness (QED) is 0.727. The van der Waals surface area contributed by atoms with Crippen LogP contribution in [0.4, 0.5) is 0 Å². The summed E-state index contributed by atoms with van der Waals surface area (Å²) in [6, 6.07) is 0. The van der Waals surface area contributed by atoms with Gasteiger partial charge in [-0.2, -0.15) is 0 Å². The molecule has 21 heavy (non-hydrogen) atoms. The van der Waals surface area contributed by atoms with Crippen molar-refractivity contribution in [2.24, 2.45) is 0 Å². The first-order valence-corrected chi connectivity index (χ1v) is 9.28. The van der Waals surface area contributed by atoms with Gasteiger partial charge in [-0.25, -0.2) is 0 Å². The Bertz CT molecular complexity index is 296. The SMILES string of the molecule is CCOCCCN1CC2(CCCCC2)NCC1(CC)CC. The van der Waals surface area contributed by atoms with Gasteiger partial charge in [-0.1, -0.05) is 33.1 Å². The third-order valence-electron chi connectivity index (χ3n) is 6.00. The van der Waals surface area contributed by atoms with Crippen LogP contribution < -0.4 is 5.32 Å². The summed E-state index contributed by atoms with van der Waals surface area (Å²) in [5.41, 5.74) is 0.784. The average Bonchev–Trinajstić information content (AvgIpc) is 2.53. The number of piperazine rings is 1. The van der Waals surface area contributed by atoms with E-state index in [1.807, 2.05) is 0 Å². The molecule has 124 valence electrons. The van der Waals surface area contributed by atoms with Crippen molar-refractivity contribution >= 4 is 0 Å². The molecule has 1 aliphatic heterocycles. The van der Waals surface area contributed by atoms with Crippen molar-refractivity contribution in [3.05, 3.63) is 0 Å². The van der Waals surface area contributed by atoms with Gasteiger partial charge in [0.25, 0.3) is 0 Å². The summed E-state index contributed by atoms with van der Waals surface area (Å²) in [5, 5.41) is 3.99. The van der Waals surface area contributed by atoms with Crippen molar-refractivity contribution in [2.45, 2.75) is 83.2 Å². The zero-order valence-electron chi connectivity index (χ0n) is 14.5. The molecule has 1 saturated carbocycles. The number of hydrogen-bond donors (Lipinski definition) is 1. The fraction of sp³-hybridized carbons (Fsp3) is 1.00. The zero-order valence-corrected chi connectivity index (χ0v) is 14.5. The van der Waals surface area contributed by atoms with Crippen LogP contribution in [0.2, 0.25) is 0 Å². The van der Waals surface area contributed by atoms with E-state index in [1.165, 1.54) is 71.0 Å². The van der Waals surface area contributed by atoms with E-state index in [-0.39, 0.29) is 0 Å². The predicted molar refractivity (Wildman–Crippen MR) is 89.8 cm³/mol. The van der Waals surface area contributed by atoms with Crippen LogP contribution in [0.1, 0.15) is 72.1 Å². The molecule has 1 spiro atoms. The maximum atomic E-state index is 5.55. The lowest BCUT2D eigenvalue weighted by Crippen LogP contribution is -2.70. The molecule has 1 aliphatic carbocycles. The van der Waals surface area contributed by atoms with Crippen LogP contribution in [-0.4, -0.2) is 48.8 Å². The van der Waals surface area contributed by atoms with E-state index in [0.29, 0.717) is 11.1 Å². The Labute approximate surface area is 131 Å². The molecule has 0 aromatic heterocycles. The van der Waals surface area contributed by atoms with Gasteiger partial charge in [0.2, 0.25) is 0 Å². The zero-order chi connectivity index (χ0) is 15.2. The smallest absolute Gasteiger partial charge is 0.0478 e. The first-order valence-electron chi connectivity index (χ1n) is 9.28. The van der Waals surface area contributed by atoms with Gasteiger partial charge in [0.1, 0.15) is 0 Å². The summed E-state index contributed by atoms with van der Waals surface area (Å²) < 4.78 is 5.55. The van der Waals surface area contributed by atoms with E-state index < -0.39 is 0 Å². The molecule has 0 unspecified atom stereocenters. The van der Waals surface area contributed by atoms with E-state index in [4.69, 9.17) is 4.74 Å². The molecular weight excluding hydrogens is 260 g/mol. The molecule has 1 N–H and O–H groups in total. The van der Waals surface area contributed by atoms with Crippen LogP contribution in [-0.2, 0) is 4.74 Å². The Morgan fingerprint density at radius 1 is 1.05 bits per heavy atom. The molecule has 2 fully saturated rings. The largest absolute Gasteiger partial charge is 0.382 e. The minimum atomic E-state index is 0.370. The van der Waals surface area contributed by atoms with Crippen molar-refractivity contribution in [3.8, 4) is 0 Å². The fourth-order valence-corrected chi connectivity index (χ4v) is 4.38. The van der Waals surface area contributed by atoms with Crippen molar-refractivity contribution in [2.75, 3.05) is 32.8 Å². The summed E-state index contributed by atoms with van der Waals surface area (Å²) in [4.78, 5) is 2.81. The maximum absolute atomic E-state index is 5.55. The van der Waals surface area contributed by atoms with Crippen molar-refractivity contribution < 1.29 is 4.74 Å². The van der Waals surface area contributed by atoms with Gasteiger partial charge < -0.3 is 10.1 Å². The highest BCUT2D eigenvalue weighted by Crippen LogP contribution is 2.37.